The number of hydrogen-bond donors (Lipinski definition) is 0. The number of rotatable bonds is 7. The fraction of sp³-hybridized carbons (Fsp3) is 0.462. The second-order valence-corrected chi connectivity index (χ2v) is 5.23. The molecule has 0 aliphatic rings. The van der Waals surface area contributed by atoms with Crippen LogP contribution in [0.4, 0.5) is 0 Å². The summed E-state index contributed by atoms with van der Waals surface area (Å²) >= 11 is 7.42. The summed E-state index contributed by atoms with van der Waals surface area (Å²) in [5.41, 5.74) is 0. The van der Waals surface area contributed by atoms with Crippen LogP contribution in [-0.4, -0.2) is 18.3 Å². The van der Waals surface area contributed by atoms with E-state index in [9.17, 15) is 4.79 Å². The van der Waals surface area contributed by atoms with Crippen molar-refractivity contribution in [3.05, 3.63) is 29.3 Å². The summed E-state index contributed by atoms with van der Waals surface area (Å²) in [6, 6.07) is 7.61. The first-order valence-corrected chi connectivity index (χ1v) is 7.12. The van der Waals surface area contributed by atoms with Gasteiger partial charge in [0.15, 0.2) is 0 Å². The third-order valence-corrected chi connectivity index (χ3v) is 3.42. The summed E-state index contributed by atoms with van der Waals surface area (Å²) < 4.78 is 5.07. The molecule has 0 aliphatic carbocycles. The molecule has 4 heteroatoms. The van der Waals surface area contributed by atoms with Gasteiger partial charge in [-0.3, -0.25) is 4.79 Å². The second kappa shape index (κ2) is 8.43. The zero-order chi connectivity index (χ0) is 12.5. The van der Waals surface area contributed by atoms with Crippen LogP contribution in [0.1, 0.15) is 26.2 Å². The molecule has 0 bridgehead atoms. The zero-order valence-electron chi connectivity index (χ0n) is 9.95. The molecule has 0 radical (unpaired) electrons. The van der Waals surface area contributed by atoms with Crippen molar-refractivity contribution in [1.82, 2.24) is 0 Å². The second-order valence-electron chi connectivity index (χ2n) is 3.63. The minimum atomic E-state index is -0.111. The Balaban J connectivity index is 2.14. The van der Waals surface area contributed by atoms with E-state index in [0.717, 1.165) is 28.5 Å². The normalized spacial score (nSPS) is 10.2. The number of esters is 1. The molecular weight excluding hydrogens is 256 g/mol. The lowest BCUT2D eigenvalue weighted by Gasteiger charge is -2.04. The van der Waals surface area contributed by atoms with Crippen LogP contribution >= 0.6 is 23.4 Å². The van der Waals surface area contributed by atoms with E-state index in [2.05, 4.69) is 6.92 Å². The minimum Gasteiger partial charge on any atom is -0.466 e. The van der Waals surface area contributed by atoms with Gasteiger partial charge in [0.2, 0.25) is 0 Å². The van der Waals surface area contributed by atoms with Crippen LogP contribution in [0.15, 0.2) is 29.2 Å². The van der Waals surface area contributed by atoms with Gasteiger partial charge in [-0.05, 0) is 30.7 Å². The molecule has 0 saturated heterocycles. The summed E-state index contributed by atoms with van der Waals surface area (Å²) in [7, 11) is 0. The maximum atomic E-state index is 11.3. The highest BCUT2D eigenvalue weighted by molar-refractivity contribution is 7.99. The maximum Gasteiger partial charge on any atom is 0.306 e. The Kier molecular flexibility index (Phi) is 7.13. The predicted molar refractivity (Wildman–Crippen MR) is 72.7 cm³/mol. The summed E-state index contributed by atoms with van der Waals surface area (Å²) in [6.07, 6.45) is 2.44. The molecule has 0 saturated carbocycles. The Labute approximate surface area is 112 Å². The zero-order valence-corrected chi connectivity index (χ0v) is 11.5. The van der Waals surface area contributed by atoms with Crippen molar-refractivity contribution in [3.63, 3.8) is 0 Å². The standard InChI is InChI=1S/C13H17ClO2S/c1-2-3-9-16-13(15)8-10-17-12-6-4-11(14)5-7-12/h4-7H,2-3,8-10H2,1H3. The summed E-state index contributed by atoms with van der Waals surface area (Å²) in [5, 5.41) is 0.730. The van der Waals surface area contributed by atoms with Gasteiger partial charge < -0.3 is 4.74 Å². The smallest absolute Gasteiger partial charge is 0.306 e. The monoisotopic (exact) mass is 272 g/mol. The van der Waals surface area contributed by atoms with Crippen molar-refractivity contribution >= 4 is 29.3 Å². The summed E-state index contributed by atoms with van der Waals surface area (Å²) in [5.74, 6) is 0.631. The first kappa shape index (κ1) is 14.4. The van der Waals surface area contributed by atoms with Crippen molar-refractivity contribution in [2.75, 3.05) is 12.4 Å². The van der Waals surface area contributed by atoms with Gasteiger partial charge in [-0.2, -0.15) is 0 Å². The number of hydrogen-bond acceptors (Lipinski definition) is 3. The Bertz CT molecular complexity index is 338. The number of thioether (sulfide) groups is 1. The molecule has 94 valence electrons. The molecular formula is C13H17ClO2S. The molecule has 0 atom stereocenters. The predicted octanol–water partition coefficient (Wildman–Crippen LogP) is 4.17. The first-order valence-electron chi connectivity index (χ1n) is 5.76. The van der Waals surface area contributed by atoms with Gasteiger partial charge in [0.25, 0.3) is 0 Å². The van der Waals surface area contributed by atoms with Crippen LogP contribution in [0, 0.1) is 0 Å². The van der Waals surface area contributed by atoms with Gasteiger partial charge in [0.05, 0.1) is 13.0 Å². The lowest BCUT2D eigenvalue weighted by Crippen LogP contribution is -2.06. The van der Waals surface area contributed by atoms with Gasteiger partial charge in [0, 0.05) is 15.7 Å². The third-order valence-electron chi connectivity index (χ3n) is 2.15. The van der Waals surface area contributed by atoms with Crippen LogP contribution < -0.4 is 0 Å². The molecule has 0 spiro atoms. The van der Waals surface area contributed by atoms with Gasteiger partial charge in [-0.1, -0.05) is 24.9 Å². The molecule has 17 heavy (non-hydrogen) atoms. The lowest BCUT2D eigenvalue weighted by molar-refractivity contribution is -0.143. The van der Waals surface area contributed by atoms with E-state index in [0.29, 0.717) is 13.0 Å². The molecule has 2 nitrogen and oxygen atoms in total. The fourth-order valence-electron chi connectivity index (χ4n) is 1.19. The number of ether oxygens (including phenoxy) is 1. The van der Waals surface area contributed by atoms with E-state index < -0.39 is 0 Å². The first-order chi connectivity index (χ1) is 8.22. The topological polar surface area (TPSA) is 26.3 Å². The Morgan fingerprint density at radius 2 is 2.06 bits per heavy atom. The van der Waals surface area contributed by atoms with E-state index in [-0.39, 0.29) is 5.97 Å². The van der Waals surface area contributed by atoms with Crippen molar-refractivity contribution in [2.24, 2.45) is 0 Å². The highest BCUT2D eigenvalue weighted by Crippen LogP contribution is 2.20. The number of carbonyl (C=O) groups excluding carboxylic acids is 1. The van der Waals surface area contributed by atoms with E-state index in [1.807, 2.05) is 24.3 Å². The van der Waals surface area contributed by atoms with Gasteiger partial charge in [-0.25, -0.2) is 0 Å². The Morgan fingerprint density at radius 1 is 1.35 bits per heavy atom. The lowest BCUT2D eigenvalue weighted by atomic mass is 10.4. The van der Waals surface area contributed by atoms with Crippen LogP contribution in [0.25, 0.3) is 0 Å². The maximum absolute atomic E-state index is 11.3. The fourth-order valence-corrected chi connectivity index (χ4v) is 2.14. The van der Waals surface area contributed by atoms with Gasteiger partial charge >= 0.3 is 5.97 Å². The van der Waals surface area contributed by atoms with Gasteiger partial charge in [0.1, 0.15) is 0 Å². The quantitative estimate of drug-likeness (QED) is 0.423. The number of halogens is 1. The molecule has 1 aromatic carbocycles. The largest absolute Gasteiger partial charge is 0.466 e. The molecule has 0 N–H and O–H groups in total. The van der Waals surface area contributed by atoms with Crippen LogP contribution in [0.3, 0.4) is 0 Å². The molecule has 0 fully saturated rings. The third kappa shape index (κ3) is 6.59. The van der Waals surface area contributed by atoms with Crippen LogP contribution in [0.2, 0.25) is 5.02 Å². The van der Waals surface area contributed by atoms with Gasteiger partial charge in [-0.15, -0.1) is 11.8 Å². The summed E-state index contributed by atoms with van der Waals surface area (Å²) in [6.45, 7) is 2.62. The Hall–Kier alpha value is -0.670. The van der Waals surface area contributed by atoms with E-state index >= 15 is 0 Å². The van der Waals surface area contributed by atoms with Crippen molar-refractivity contribution in [3.8, 4) is 0 Å². The Morgan fingerprint density at radius 3 is 2.71 bits per heavy atom. The summed E-state index contributed by atoms with van der Waals surface area (Å²) in [4.78, 5) is 12.4. The van der Waals surface area contributed by atoms with E-state index in [1.54, 1.807) is 11.8 Å². The van der Waals surface area contributed by atoms with E-state index in [1.165, 1.54) is 0 Å². The molecule has 0 aromatic heterocycles. The minimum absolute atomic E-state index is 0.111. The molecule has 1 rings (SSSR count). The average Bonchev–Trinajstić information content (AvgIpc) is 2.32. The van der Waals surface area contributed by atoms with Crippen LogP contribution in [0.5, 0.6) is 0 Å². The molecule has 1 aromatic rings. The molecule has 0 unspecified atom stereocenters. The van der Waals surface area contributed by atoms with E-state index in [4.69, 9.17) is 16.3 Å². The molecule has 0 heterocycles. The number of unbranched alkanes of at least 4 members (excludes halogenated alkanes) is 1. The molecule has 0 amide bonds. The SMILES string of the molecule is CCCCOC(=O)CCSc1ccc(Cl)cc1. The van der Waals surface area contributed by atoms with Crippen molar-refractivity contribution < 1.29 is 9.53 Å². The highest BCUT2D eigenvalue weighted by atomic mass is 35.5. The van der Waals surface area contributed by atoms with Crippen molar-refractivity contribution in [1.29, 1.82) is 0 Å². The van der Waals surface area contributed by atoms with Crippen LogP contribution in [-0.2, 0) is 9.53 Å². The number of benzene rings is 1. The average molecular weight is 273 g/mol. The highest BCUT2D eigenvalue weighted by Gasteiger charge is 2.02. The molecule has 0 aliphatic heterocycles. The van der Waals surface area contributed by atoms with Crippen molar-refractivity contribution in [2.45, 2.75) is 31.1 Å². The number of carbonyl (C=O) groups is 1.